The van der Waals surface area contributed by atoms with E-state index in [9.17, 15) is 9.18 Å². The number of nitrogens with one attached hydrogen (secondary N) is 1. The quantitative estimate of drug-likeness (QED) is 0.739. The van der Waals surface area contributed by atoms with E-state index in [4.69, 9.17) is 0 Å². The number of rotatable bonds is 2. The van der Waals surface area contributed by atoms with Crippen molar-refractivity contribution in [2.24, 2.45) is 0 Å². The summed E-state index contributed by atoms with van der Waals surface area (Å²) >= 11 is 0. The van der Waals surface area contributed by atoms with Gasteiger partial charge in [-0.1, -0.05) is 12.1 Å². The molecule has 0 unspecified atom stereocenters. The van der Waals surface area contributed by atoms with Gasteiger partial charge < -0.3 is 9.55 Å². The zero-order valence-corrected chi connectivity index (χ0v) is 9.30. The monoisotopic (exact) mass is 244 g/mol. The Bertz CT molecular complexity index is 745. The van der Waals surface area contributed by atoms with Crippen LogP contribution < -0.4 is 5.56 Å². The summed E-state index contributed by atoms with van der Waals surface area (Å²) in [6.45, 7) is 0.493. The largest absolute Gasteiger partial charge is 0.311 e. The van der Waals surface area contributed by atoms with Gasteiger partial charge in [0, 0.05) is 0 Å². The lowest BCUT2D eigenvalue weighted by molar-refractivity contribution is 0.626. The van der Waals surface area contributed by atoms with Crippen molar-refractivity contribution in [2.45, 2.75) is 6.54 Å². The Balaban J connectivity index is 2.03. The van der Waals surface area contributed by atoms with Gasteiger partial charge in [-0.2, -0.15) is 0 Å². The lowest BCUT2D eigenvalue weighted by Gasteiger charge is -2.03. The number of imidazole rings is 1. The van der Waals surface area contributed by atoms with Crippen LogP contribution in [0.4, 0.5) is 4.39 Å². The van der Waals surface area contributed by atoms with Crippen molar-refractivity contribution in [3.63, 3.8) is 0 Å². The van der Waals surface area contributed by atoms with Gasteiger partial charge in [0.25, 0.3) is 5.56 Å². The number of benzene rings is 1. The van der Waals surface area contributed by atoms with E-state index in [0.717, 1.165) is 5.56 Å². The van der Waals surface area contributed by atoms with Crippen LogP contribution in [0.2, 0.25) is 0 Å². The third kappa shape index (κ3) is 1.77. The summed E-state index contributed by atoms with van der Waals surface area (Å²) in [6.07, 6.45) is 2.89. The highest BCUT2D eigenvalue weighted by Gasteiger charge is 2.07. The number of hydrogen-bond donors (Lipinski definition) is 1. The van der Waals surface area contributed by atoms with Gasteiger partial charge in [0.15, 0.2) is 11.2 Å². The SMILES string of the molecule is O=c1[nH]cnc2c1ncn2Cc1ccc(F)cc1. The summed E-state index contributed by atoms with van der Waals surface area (Å²) in [5, 5.41) is 0. The second kappa shape index (κ2) is 4.06. The van der Waals surface area contributed by atoms with Gasteiger partial charge in [-0.15, -0.1) is 0 Å². The maximum Gasteiger partial charge on any atom is 0.278 e. The summed E-state index contributed by atoms with van der Waals surface area (Å²) in [4.78, 5) is 22.0. The highest BCUT2D eigenvalue weighted by atomic mass is 19.1. The molecule has 0 bridgehead atoms. The topological polar surface area (TPSA) is 63.6 Å². The first-order valence-electron chi connectivity index (χ1n) is 5.37. The van der Waals surface area contributed by atoms with E-state index in [2.05, 4.69) is 15.0 Å². The number of aromatic nitrogens is 4. The van der Waals surface area contributed by atoms with Crippen LogP contribution in [0.1, 0.15) is 5.56 Å². The molecule has 0 saturated heterocycles. The molecule has 3 aromatic rings. The molecule has 6 heteroatoms. The smallest absolute Gasteiger partial charge is 0.278 e. The number of H-pyrrole nitrogens is 1. The van der Waals surface area contributed by atoms with Crippen LogP contribution in [0.25, 0.3) is 11.2 Å². The zero-order chi connectivity index (χ0) is 12.5. The molecular weight excluding hydrogens is 235 g/mol. The molecule has 0 atom stereocenters. The van der Waals surface area contributed by atoms with Gasteiger partial charge in [0.1, 0.15) is 5.82 Å². The molecule has 0 fully saturated rings. The van der Waals surface area contributed by atoms with E-state index in [-0.39, 0.29) is 11.4 Å². The molecule has 0 aliphatic rings. The molecule has 0 spiro atoms. The van der Waals surface area contributed by atoms with Gasteiger partial charge in [-0.3, -0.25) is 4.79 Å². The van der Waals surface area contributed by atoms with Crippen molar-refractivity contribution in [1.82, 2.24) is 19.5 Å². The maximum atomic E-state index is 12.8. The molecule has 2 aromatic heterocycles. The van der Waals surface area contributed by atoms with E-state index < -0.39 is 0 Å². The lowest BCUT2D eigenvalue weighted by Crippen LogP contribution is -2.07. The van der Waals surface area contributed by atoms with Gasteiger partial charge in [0.05, 0.1) is 19.2 Å². The minimum absolute atomic E-state index is 0.266. The fourth-order valence-electron chi connectivity index (χ4n) is 1.79. The van der Waals surface area contributed by atoms with Crippen molar-refractivity contribution in [1.29, 1.82) is 0 Å². The normalized spacial score (nSPS) is 10.9. The average Bonchev–Trinajstić information content (AvgIpc) is 2.77. The second-order valence-electron chi connectivity index (χ2n) is 3.90. The Hall–Kier alpha value is -2.50. The molecule has 0 amide bonds. The highest BCUT2D eigenvalue weighted by molar-refractivity contribution is 5.68. The van der Waals surface area contributed by atoms with E-state index in [1.807, 2.05) is 0 Å². The third-order valence-electron chi connectivity index (χ3n) is 2.67. The second-order valence-corrected chi connectivity index (χ2v) is 3.90. The summed E-state index contributed by atoms with van der Waals surface area (Å²) in [5.74, 6) is -0.274. The summed E-state index contributed by atoms with van der Waals surface area (Å²) in [5.41, 5.74) is 1.47. The Labute approximate surface area is 101 Å². The van der Waals surface area contributed by atoms with Crippen LogP contribution in [-0.4, -0.2) is 19.5 Å². The van der Waals surface area contributed by atoms with Crippen molar-refractivity contribution in [2.75, 3.05) is 0 Å². The molecular formula is C12H9FN4O. The maximum absolute atomic E-state index is 12.8. The first kappa shape index (κ1) is 10.6. The van der Waals surface area contributed by atoms with Crippen LogP contribution in [0, 0.1) is 5.82 Å². The first-order valence-corrected chi connectivity index (χ1v) is 5.37. The molecule has 0 saturated carbocycles. The lowest BCUT2D eigenvalue weighted by atomic mass is 10.2. The first-order chi connectivity index (χ1) is 8.74. The van der Waals surface area contributed by atoms with Crippen LogP contribution in [0.3, 0.4) is 0 Å². The number of halogens is 1. The van der Waals surface area contributed by atoms with Crippen molar-refractivity contribution < 1.29 is 4.39 Å². The summed E-state index contributed by atoms with van der Waals surface area (Å²) < 4.78 is 14.5. The van der Waals surface area contributed by atoms with Gasteiger partial charge in [0.2, 0.25) is 0 Å². The molecule has 0 aliphatic heterocycles. The Morgan fingerprint density at radius 3 is 2.78 bits per heavy atom. The molecule has 90 valence electrons. The van der Waals surface area contributed by atoms with Crippen LogP contribution >= 0.6 is 0 Å². The molecule has 5 nitrogen and oxygen atoms in total. The average molecular weight is 244 g/mol. The molecule has 0 aliphatic carbocycles. The number of nitrogens with zero attached hydrogens (tertiary/aromatic N) is 3. The standard InChI is InChI=1S/C12H9FN4O/c13-9-3-1-8(2-4-9)5-17-7-16-10-11(17)14-6-15-12(10)18/h1-4,6-7H,5H2,(H,14,15,18). The highest BCUT2D eigenvalue weighted by Crippen LogP contribution is 2.09. The Morgan fingerprint density at radius 1 is 1.22 bits per heavy atom. The van der Waals surface area contributed by atoms with E-state index >= 15 is 0 Å². The minimum Gasteiger partial charge on any atom is -0.311 e. The van der Waals surface area contributed by atoms with Gasteiger partial charge in [-0.05, 0) is 17.7 Å². The van der Waals surface area contributed by atoms with Crippen LogP contribution in [0.15, 0.2) is 41.7 Å². The predicted molar refractivity (Wildman–Crippen MR) is 63.7 cm³/mol. The number of hydrogen-bond acceptors (Lipinski definition) is 3. The molecule has 1 aromatic carbocycles. The van der Waals surface area contributed by atoms with Gasteiger partial charge in [-0.25, -0.2) is 14.4 Å². The fourth-order valence-corrected chi connectivity index (χ4v) is 1.79. The Kier molecular flexibility index (Phi) is 2.40. The summed E-state index contributed by atoms with van der Waals surface area (Å²) in [6, 6.07) is 6.17. The van der Waals surface area contributed by atoms with Crippen LogP contribution in [0.5, 0.6) is 0 Å². The van der Waals surface area contributed by atoms with Crippen molar-refractivity contribution in [3.05, 3.63) is 58.7 Å². The number of aromatic amines is 1. The van der Waals surface area contributed by atoms with E-state index in [1.54, 1.807) is 23.0 Å². The molecule has 3 rings (SSSR count). The number of fused-ring (bicyclic) bond motifs is 1. The van der Waals surface area contributed by atoms with Crippen molar-refractivity contribution >= 4 is 11.2 Å². The summed E-state index contributed by atoms with van der Waals surface area (Å²) in [7, 11) is 0. The third-order valence-corrected chi connectivity index (χ3v) is 2.67. The molecule has 18 heavy (non-hydrogen) atoms. The van der Waals surface area contributed by atoms with E-state index in [1.165, 1.54) is 18.5 Å². The molecule has 0 radical (unpaired) electrons. The van der Waals surface area contributed by atoms with Crippen molar-refractivity contribution in [3.8, 4) is 0 Å². The Morgan fingerprint density at radius 2 is 2.00 bits per heavy atom. The predicted octanol–water partition coefficient (Wildman–Crippen LogP) is 1.31. The van der Waals surface area contributed by atoms with Crippen LogP contribution in [-0.2, 0) is 6.54 Å². The van der Waals surface area contributed by atoms with E-state index in [0.29, 0.717) is 17.7 Å². The zero-order valence-electron chi connectivity index (χ0n) is 9.30. The fraction of sp³-hybridized carbons (Fsp3) is 0.0833. The molecule has 2 heterocycles. The molecule has 1 N–H and O–H groups in total. The van der Waals surface area contributed by atoms with Gasteiger partial charge >= 0.3 is 0 Å². The minimum atomic E-state index is -0.274.